The summed E-state index contributed by atoms with van der Waals surface area (Å²) in [5, 5.41) is 33.2. The molecule has 2 amide bonds. The van der Waals surface area contributed by atoms with Gasteiger partial charge >= 0.3 is 0 Å². The number of para-hydroxylation sites is 1. The van der Waals surface area contributed by atoms with Gasteiger partial charge in [0.15, 0.2) is 5.78 Å². The first-order valence-electron chi connectivity index (χ1n) is 12.9. The minimum atomic E-state index is -0.262. The molecule has 5 N–H and O–H groups in total. The monoisotopic (exact) mass is 594 g/mol. The van der Waals surface area contributed by atoms with Gasteiger partial charge in [-0.1, -0.05) is 39.3 Å². The summed E-state index contributed by atoms with van der Waals surface area (Å²) in [6.45, 7) is 7.21. The van der Waals surface area contributed by atoms with E-state index in [4.69, 9.17) is 0 Å². The van der Waals surface area contributed by atoms with Crippen LogP contribution in [0.4, 0.5) is 0 Å². The molecule has 3 aromatic rings. The molecule has 0 radical (unpaired) electrons. The van der Waals surface area contributed by atoms with Crippen LogP contribution in [-0.4, -0.2) is 56.0 Å². The molecule has 218 valence electrons. The summed E-state index contributed by atoms with van der Waals surface area (Å²) in [5.41, 5.74) is 0.975. The molecule has 0 saturated heterocycles. The van der Waals surface area contributed by atoms with Gasteiger partial charge < -0.3 is 26.0 Å². The van der Waals surface area contributed by atoms with Crippen molar-refractivity contribution in [2.75, 3.05) is 13.1 Å². The van der Waals surface area contributed by atoms with E-state index in [0.717, 1.165) is 25.7 Å². The van der Waals surface area contributed by atoms with E-state index in [1.165, 1.54) is 36.9 Å². The van der Waals surface area contributed by atoms with Gasteiger partial charge in [0.25, 0.3) is 11.8 Å². The van der Waals surface area contributed by atoms with Crippen LogP contribution in [-0.2, 0) is 17.1 Å². The van der Waals surface area contributed by atoms with Crippen molar-refractivity contribution in [2.24, 2.45) is 0 Å². The number of aromatic nitrogens is 2. The molecular formula is C29H38FeN4O6. The van der Waals surface area contributed by atoms with Gasteiger partial charge in [0, 0.05) is 49.0 Å². The van der Waals surface area contributed by atoms with E-state index < -0.39 is 0 Å². The zero-order chi connectivity index (χ0) is 29.0. The van der Waals surface area contributed by atoms with Crippen LogP contribution in [0.1, 0.15) is 83.9 Å². The Morgan fingerprint density at radius 2 is 1.15 bits per heavy atom. The third-order valence-electron chi connectivity index (χ3n) is 5.12. The summed E-state index contributed by atoms with van der Waals surface area (Å²) in [6, 6.07) is 9.54. The Kier molecular flexibility index (Phi) is 18.9. The Bertz CT molecular complexity index is 1050. The first-order valence-corrected chi connectivity index (χ1v) is 12.9. The number of pyridine rings is 2. The van der Waals surface area contributed by atoms with E-state index in [0.29, 0.717) is 30.6 Å². The van der Waals surface area contributed by atoms with Crippen LogP contribution in [0.5, 0.6) is 17.2 Å². The molecule has 2 aromatic heterocycles. The van der Waals surface area contributed by atoms with Gasteiger partial charge in [-0.25, -0.2) is 0 Å². The molecule has 0 aliphatic carbocycles. The molecule has 11 heteroatoms. The second-order valence-corrected chi connectivity index (χ2v) is 8.34. The van der Waals surface area contributed by atoms with Gasteiger partial charge in [-0.2, -0.15) is 0 Å². The van der Waals surface area contributed by atoms with Gasteiger partial charge in [0.05, 0.1) is 29.1 Å². The maximum absolute atomic E-state index is 11.4. The Morgan fingerprint density at radius 3 is 1.60 bits per heavy atom. The molecule has 0 aliphatic heterocycles. The van der Waals surface area contributed by atoms with E-state index in [-0.39, 0.29) is 57.5 Å². The molecule has 10 nitrogen and oxygen atoms in total. The Morgan fingerprint density at radius 1 is 0.675 bits per heavy atom. The van der Waals surface area contributed by atoms with Crippen LogP contribution in [0.15, 0.2) is 61.2 Å². The molecule has 0 saturated carbocycles. The van der Waals surface area contributed by atoms with Crippen LogP contribution in [0.25, 0.3) is 0 Å². The number of hydrogen-bond acceptors (Lipinski definition) is 8. The van der Waals surface area contributed by atoms with Crippen molar-refractivity contribution in [2.45, 2.75) is 52.9 Å². The second-order valence-electron chi connectivity index (χ2n) is 8.34. The van der Waals surface area contributed by atoms with Gasteiger partial charge in [-0.05, 0) is 43.5 Å². The average Bonchev–Trinajstić information content (AvgIpc) is 2.94. The number of aromatic hydroxyl groups is 3. The topological polar surface area (TPSA) is 162 Å². The minimum Gasteiger partial charge on any atom is -0.507 e. The molecular weight excluding hydrogens is 556 g/mol. The zero-order valence-electron chi connectivity index (χ0n) is 23.0. The van der Waals surface area contributed by atoms with Gasteiger partial charge in [-0.15, -0.1) is 0 Å². The number of benzene rings is 1. The number of phenolic OH excluding ortho intramolecular Hbond substituents is 1. The predicted octanol–water partition coefficient (Wildman–Crippen LogP) is 4.62. The van der Waals surface area contributed by atoms with Gasteiger partial charge in [0.2, 0.25) is 0 Å². The number of rotatable bonds is 10. The van der Waals surface area contributed by atoms with Crippen LogP contribution in [0.2, 0.25) is 0 Å². The number of phenols is 1. The summed E-state index contributed by atoms with van der Waals surface area (Å²) in [7, 11) is 0. The Labute approximate surface area is 245 Å². The zero-order valence-corrected chi connectivity index (χ0v) is 24.1. The molecule has 0 unspecified atom stereocenters. The van der Waals surface area contributed by atoms with E-state index in [1.54, 1.807) is 24.3 Å². The standard InChI is InChI=1S/2C10H13NO2.C9H12N2O2.Fe/c1-2-7-11-10(13)8-5-3-4-6-9(8)12;1-2-3-4-9(12)8-5-6-11-7-10(8)13;1-2-4-11-9(13)7-3-5-10-6-8(7)12;/h3-6,12H,2,7H2,1H3,(H,11,13);5-7,13H,2-4H2,1H3;3,5-6,12H,2,4H2,1H3,(H,11,13);. The molecule has 3 rings (SSSR count). The van der Waals surface area contributed by atoms with E-state index in [2.05, 4.69) is 20.6 Å². The van der Waals surface area contributed by atoms with Crippen molar-refractivity contribution in [1.29, 1.82) is 0 Å². The van der Waals surface area contributed by atoms with Crippen molar-refractivity contribution in [1.82, 2.24) is 20.6 Å². The summed E-state index contributed by atoms with van der Waals surface area (Å²) in [4.78, 5) is 41.5. The molecule has 0 spiro atoms. The molecule has 0 bridgehead atoms. The number of nitrogens with zero attached hydrogens (tertiary/aromatic N) is 2. The number of nitrogens with one attached hydrogen (secondary N) is 2. The minimum absolute atomic E-state index is 0. The fraction of sp³-hybridized carbons (Fsp3) is 0.345. The fourth-order valence-corrected chi connectivity index (χ4v) is 3.01. The van der Waals surface area contributed by atoms with Crippen molar-refractivity contribution in [3.63, 3.8) is 0 Å². The first kappa shape index (κ1) is 36.0. The number of amides is 2. The summed E-state index contributed by atoms with van der Waals surface area (Å²) < 4.78 is 0. The van der Waals surface area contributed by atoms with Crippen molar-refractivity contribution >= 4 is 17.6 Å². The first-order chi connectivity index (χ1) is 18.8. The number of Topliss-reactive ketones (excluding diaryl/α,β-unsaturated/α-hetero) is 1. The van der Waals surface area contributed by atoms with Crippen LogP contribution in [0, 0.1) is 0 Å². The predicted molar refractivity (Wildman–Crippen MR) is 149 cm³/mol. The van der Waals surface area contributed by atoms with Crippen LogP contribution in [0.3, 0.4) is 0 Å². The van der Waals surface area contributed by atoms with Gasteiger partial charge in [0.1, 0.15) is 17.2 Å². The maximum atomic E-state index is 11.4. The fourth-order valence-electron chi connectivity index (χ4n) is 3.01. The molecule has 0 atom stereocenters. The Balaban J connectivity index is 0.000000563. The van der Waals surface area contributed by atoms with E-state index in [1.807, 2.05) is 20.8 Å². The number of carbonyl (C=O) groups excluding carboxylic acids is 3. The number of unbranched alkanes of at least 4 members (excludes halogenated alkanes) is 1. The molecule has 40 heavy (non-hydrogen) atoms. The summed E-state index contributed by atoms with van der Waals surface area (Å²) in [6.07, 6.45) is 9.63. The smallest absolute Gasteiger partial charge is 0.255 e. The quantitative estimate of drug-likeness (QED) is 0.168. The molecule has 0 aliphatic rings. The third kappa shape index (κ3) is 13.2. The van der Waals surface area contributed by atoms with Crippen molar-refractivity contribution < 1.29 is 46.8 Å². The SMILES string of the molecule is CCCCC(=O)c1ccncc1O.CCCNC(=O)c1ccccc1O.CCCNC(=O)c1ccncc1O.[Fe]. The number of ketones is 1. The number of carbonyl (C=O) groups is 3. The van der Waals surface area contributed by atoms with Crippen molar-refractivity contribution in [3.8, 4) is 17.2 Å². The second kappa shape index (κ2) is 20.9. The van der Waals surface area contributed by atoms with Gasteiger partial charge in [-0.3, -0.25) is 24.4 Å². The normalized spacial score (nSPS) is 9.47. The summed E-state index contributed by atoms with van der Waals surface area (Å²) in [5.74, 6) is -0.584. The third-order valence-corrected chi connectivity index (χ3v) is 5.12. The molecule has 0 fully saturated rings. The number of hydrogen-bond donors (Lipinski definition) is 5. The van der Waals surface area contributed by atoms with Crippen LogP contribution < -0.4 is 10.6 Å². The summed E-state index contributed by atoms with van der Waals surface area (Å²) >= 11 is 0. The van der Waals surface area contributed by atoms with Crippen molar-refractivity contribution in [3.05, 3.63) is 77.9 Å². The molecule has 1 aromatic carbocycles. The van der Waals surface area contributed by atoms with Crippen LogP contribution >= 0.6 is 0 Å². The molecule has 2 heterocycles. The maximum Gasteiger partial charge on any atom is 0.255 e. The largest absolute Gasteiger partial charge is 0.507 e. The Hall–Kier alpha value is -3.95. The van der Waals surface area contributed by atoms with E-state index >= 15 is 0 Å². The average molecular weight is 594 g/mol. The van der Waals surface area contributed by atoms with E-state index in [9.17, 15) is 29.7 Å².